The van der Waals surface area contributed by atoms with Gasteiger partial charge in [0.1, 0.15) is 7.05 Å². The fourth-order valence-electron chi connectivity index (χ4n) is 5.74. The third kappa shape index (κ3) is 2.83. The van der Waals surface area contributed by atoms with Crippen molar-refractivity contribution in [3.05, 3.63) is 94.4 Å². The van der Waals surface area contributed by atoms with Gasteiger partial charge in [-0.25, -0.2) is 0 Å². The van der Waals surface area contributed by atoms with Gasteiger partial charge in [-0.1, -0.05) is 56.0 Å². The van der Waals surface area contributed by atoms with Crippen LogP contribution in [0.5, 0.6) is 0 Å². The van der Waals surface area contributed by atoms with Crippen LogP contribution in [0, 0.1) is 0 Å². The van der Waals surface area contributed by atoms with Crippen LogP contribution in [0.2, 0.25) is 0 Å². The van der Waals surface area contributed by atoms with Gasteiger partial charge in [0.05, 0.1) is 11.1 Å². The minimum absolute atomic E-state index is 0.0657. The van der Waals surface area contributed by atoms with Crippen LogP contribution in [0.3, 0.4) is 0 Å². The molecule has 0 spiro atoms. The van der Waals surface area contributed by atoms with Crippen molar-refractivity contribution in [3.63, 3.8) is 0 Å². The first-order chi connectivity index (χ1) is 15.6. The van der Waals surface area contributed by atoms with E-state index >= 15 is 0 Å². The van der Waals surface area contributed by atoms with E-state index in [4.69, 9.17) is 0 Å². The normalized spacial score (nSPS) is 24.1. The lowest BCUT2D eigenvalue weighted by atomic mass is 9.77. The molecule has 4 heteroatoms. The smallest absolute Gasteiger partial charge is 0.209 e. The number of rotatable bonds is 2. The molecule has 33 heavy (non-hydrogen) atoms. The van der Waals surface area contributed by atoms with Crippen molar-refractivity contribution in [1.82, 2.24) is 0 Å². The summed E-state index contributed by atoms with van der Waals surface area (Å²) in [6.07, 6.45) is 4.09. The first kappa shape index (κ1) is 21.4. The van der Waals surface area contributed by atoms with E-state index in [-0.39, 0.29) is 16.6 Å². The Kier molecular flexibility index (Phi) is 4.58. The molecular weight excluding hydrogens is 406 g/mol. The van der Waals surface area contributed by atoms with Gasteiger partial charge in [0.25, 0.3) is 0 Å². The molecule has 0 unspecified atom stereocenters. The summed E-state index contributed by atoms with van der Waals surface area (Å²) in [6, 6.07) is 16.9. The predicted octanol–water partition coefficient (Wildman–Crippen LogP) is 4.63. The van der Waals surface area contributed by atoms with Crippen LogP contribution < -0.4 is 10.0 Å². The predicted molar refractivity (Wildman–Crippen MR) is 135 cm³/mol. The molecule has 0 fully saturated rings. The lowest BCUT2D eigenvalue weighted by molar-refractivity contribution is -0.401. The topological polar surface area (TPSA) is 41.7 Å². The second kappa shape index (κ2) is 7.05. The maximum absolute atomic E-state index is 13.4. The maximum Gasteiger partial charge on any atom is 0.209 e. The zero-order chi connectivity index (χ0) is 23.7. The number of aliphatic imine (C=N–C) groups is 1. The van der Waals surface area contributed by atoms with Gasteiger partial charge >= 0.3 is 0 Å². The fourth-order valence-corrected chi connectivity index (χ4v) is 5.74. The molecule has 168 valence electrons. The third-order valence-electron chi connectivity index (χ3n) is 7.67. The zero-order valence-corrected chi connectivity index (χ0v) is 20.5. The lowest BCUT2D eigenvalue weighted by Gasteiger charge is -2.34. The van der Waals surface area contributed by atoms with Crippen LogP contribution >= 0.6 is 0 Å². The van der Waals surface area contributed by atoms with Crippen molar-refractivity contribution < 1.29 is 9.68 Å². The Bertz CT molecular complexity index is 1350. The molecule has 2 aromatic carbocycles. The van der Waals surface area contributed by atoms with Crippen LogP contribution in [-0.4, -0.2) is 37.1 Å². The van der Waals surface area contributed by atoms with E-state index in [1.54, 1.807) is 7.05 Å². The second-order valence-electron chi connectivity index (χ2n) is 10.2. The molecule has 0 aromatic heterocycles. The van der Waals surface area contributed by atoms with Crippen molar-refractivity contribution in [1.29, 1.82) is 0 Å². The molecular formula is C29H31N3O. The highest BCUT2D eigenvalue weighted by Gasteiger charge is 2.44. The molecule has 4 nitrogen and oxygen atoms in total. The average Bonchev–Trinajstić information content (AvgIpc) is 3.11. The van der Waals surface area contributed by atoms with Gasteiger partial charge in [-0.05, 0) is 42.7 Å². The van der Waals surface area contributed by atoms with Crippen LogP contribution in [-0.2, 0) is 10.8 Å². The number of anilines is 1. The van der Waals surface area contributed by atoms with Gasteiger partial charge in [-0.15, -0.1) is 0 Å². The Morgan fingerprint density at radius 3 is 2.18 bits per heavy atom. The van der Waals surface area contributed by atoms with E-state index in [2.05, 4.69) is 105 Å². The minimum Gasteiger partial charge on any atom is -0.872 e. The SMILES string of the molecule is CN=C1C(=CC2=[N+](C)c3ccccc3C2(C)C)C([O-])=C1C=C1N(C)c2ccccc2C1(C)C. The molecule has 0 radical (unpaired) electrons. The number of hydrogen-bond donors (Lipinski definition) is 0. The highest BCUT2D eigenvalue weighted by molar-refractivity contribution is 6.26. The molecule has 3 aliphatic rings. The van der Waals surface area contributed by atoms with Gasteiger partial charge in [0.15, 0.2) is 5.71 Å². The standard InChI is InChI=1S/C29H31N3O/c1-28(2)20-12-8-10-14-22(20)31(6)24(28)16-18-26(30-5)19(27(18)33)17-25-29(3,4)21-13-9-11-15-23(21)32(25)7/h8-17H,1-7H3. The molecule has 0 bridgehead atoms. The van der Waals surface area contributed by atoms with E-state index in [9.17, 15) is 5.11 Å². The molecule has 2 aliphatic heterocycles. The second-order valence-corrected chi connectivity index (χ2v) is 10.2. The Morgan fingerprint density at radius 2 is 1.55 bits per heavy atom. The zero-order valence-electron chi connectivity index (χ0n) is 20.5. The molecule has 5 rings (SSSR count). The third-order valence-corrected chi connectivity index (χ3v) is 7.67. The number of hydrogen-bond acceptors (Lipinski definition) is 3. The van der Waals surface area contributed by atoms with E-state index in [0.29, 0.717) is 11.1 Å². The number of allylic oxidation sites excluding steroid dienone is 5. The number of fused-ring (bicyclic) bond motifs is 2. The quantitative estimate of drug-likeness (QED) is 0.643. The van der Waals surface area contributed by atoms with Crippen molar-refractivity contribution in [2.45, 2.75) is 38.5 Å². The largest absolute Gasteiger partial charge is 0.872 e. The highest BCUT2D eigenvalue weighted by Crippen LogP contribution is 2.48. The van der Waals surface area contributed by atoms with Crippen molar-refractivity contribution in [2.24, 2.45) is 4.99 Å². The van der Waals surface area contributed by atoms with Gasteiger partial charge in [0, 0.05) is 48.6 Å². The molecule has 0 amide bonds. The summed E-state index contributed by atoms with van der Waals surface area (Å²) in [4.78, 5) is 6.73. The first-order valence-corrected chi connectivity index (χ1v) is 11.5. The molecule has 1 aliphatic carbocycles. The van der Waals surface area contributed by atoms with Gasteiger partial charge in [0.2, 0.25) is 5.69 Å². The number of nitrogens with zero attached hydrogens (tertiary/aromatic N) is 3. The Balaban J connectivity index is 1.59. The molecule has 0 atom stereocenters. The molecule has 0 N–H and O–H groups in total. The van der Waals surface area contributed by atoms with E-state index < -0.39 is 0 Å². The summed E-state index contributed by atoms with van der Waals surface area (Å²) in [6.45, 7) is 8.86. The summed E-state index contributed by atoms with van der Waals surface area (Å²) >= 11 is 0. The number of likely N-dealkylation sites (N-methyl/N-ethyl adjacent to an activating group) is 1. The van der Waals surface area contributed by atoms with Crippen LogP contribution in [0.25, 0.3) is 0 Å². The molecule has 0 saturated heterocycles. The number of benzene rings is 2. The number of para-hydroxylation sites is 2. The lowest BCUT2D eigenvalue weighted by Crippen LogP contribution is -2.34. The summed E-state index contributed by atoms with van der Waals surface area (Å²) in [5.41, 5.74) is 8.99. The Labute approximate surface area is 196 Å². The summed E-state index contributed by atoms with van der Waals surface area (Å²) < 4.78 is 2.20. The van der Waals surface area contributed by atoms with E-state index in [0.717, 1.165) is 17.1 Å². The molecule has 0 saturated carbocycles. The Morgan fingerprint density at radius 1 is 0.909 bits per heavy atom. The van der Waals surface area contributed by atoms with Crippen molar-refractivity contribution in [2.75, 3.05) is 26.0 Å². The van der Waals surface area contributed by atoms with Crippen LogP contribution in [0.1, 0.15) is 38.8 Å². The fraction of sp³-hybridized carbons (Fsp3) is 0.310. The van der Waals surface area contributed by atoms with Gasteiger partial charge < -0.3 is 10.0 Å². The highest BCUT2D eigenvalue weighted by atomic mass is 16.3. The van der Waals surface area contributed by atoms with E-state index in [1.807, 2.05) is 12.2 Å². The summed E-state index contributed by atoms with van der Waals surface area (Å²) in [5.74, 6) is 0.0657. The monoisotopic (exact) mass is 437 g/mol. The van der Waals surface area contributed by atoms with Crippen molar-refractivity contribution in [3.8, 4) is 0 Å². The van der Waals surface area contributed by atoms with Crippen molar-refractivity contribution >= 4 is 22.8 Å². The molecule has 2 heterocycles. The Hall–Kier alpha value is -3.40. The molecule has 2 aromatic rings. The van der Waals surface area contributed by atoms with Gasteiger partial charge in [-0.2, -0.15) is 4.58 Å². The summed E-state index contributed by atoms with van der Waals surface area (Å²) in [7, 11) is 5.92. The summed E-state index contributed by atoms with van der Waals surface area (Å²) in [5, 5.41) is 13.4. The first-order valence-electron chi connectivity index (χ1n) is 11.5. The average molecular weight is 438 g/mol. The van der Waals surface area contributed by atoms with Crippen LogP contribution in [0.15, 0.2) is 88.3 Å². The van der Waals surface area contributed by atoms with E-state index in [1.165, 1.54) is 22.5 Å². The van der Waals surface area contributed by atoms with Gasteiger partial charge in [-0.3, -0.25) is 4.99 Å². The maximum atomic E-state index is 13.4. The minimum atomic E-state index is -0.180. The van der Waals surface area contributed by atoms with Crippen LogP contribution in [0.4, 0.5) is 11.4 Å².